The summed E-state index contributed by atoms with van der Waals surface area (Å²) >= 11 is 5.07. The molecule has 1 aromatic heterocycles. The minimum absolute atomic E-state index is 0.122. The Morgan fingerprint density at radius 3 is 2.61 bits per heavy atom. The molecule has 0 unspecified atom stereocenters. The molecule has 0 spiro atoms. The van der Waals surface area contributed by atoms with Crippen molar-refractivity contribution in [2.75, 3.05) is 5.32 Å². The molecule has 0 aliphatic heterocycles. The van der Waals surface area contributed by atoms with E-state index in [4.69, 9.17) is 21.7 Å². The fraction of sp³-hybridized carbons (Fsp3) is 0.188. The van der Waals surface area contributed by atoms with Crippen LogP contribution < -0.4 is 10.6 Å². The Labute approximate surface area is 138 Å². The van der Waals surface area contributed by atoms with Crippen molar-refractivity contribution >= 4 is 34.9 Å². The number of amides is 1. The van der Waals surface area contributed by atoms with E-state index < -0.39 is 5.97 Å². The predicted molar refractivity (Wildman–Crippen MR) is 90.5 cm³/mol. The molecule has 0 bridgehead atoms. The number of carbonyl (C=O) groups is 2. The Kier molecular flexibility index (Phi) is 5.13. The monoisotopic (exact) mass is 332 g/mol. The number of hydrogen-bond donors (Lipinski definition) is 3. The van der Waals surface area contributed by atoms with E-state index in [0.29, 0.717) is 17.9 Å². The van der Waals surface area contributed by atoms with Gasteiger partial charge in [0.15, 0.2) is 5.11 Å². The maximum absolute atomic E-state index is 11.3. The summed E-state index contributed by atoms with van der Waals surface area (Å²) in [5, 5.41) is 14.6. The smallest absolute Gasteiger partial charge is 0.371 e. The summed E-state index contributed by atoms with van der Waals surface area (Å²) in [7, 11) is 0. The first-order chi connectivity index (χ1) is 10.9. The van der Waals surface area contributed by atoms with Gasteiger partial charge in [-0.25, -0.2) is 4.79 Å². The van der Waals surface area contributed by atoms with Gasteiger partial charge in [-0.05, 0) is 49.0 Å². The van der Waals surface area contributed by atoms with Crippen molar-refractivity contribution in [2.45, 2.75) is 20.3 Å². The number of carbonyl (C=O) groups excluding carboxylic acids is 1. The molecule has 0 radical (unpaired) electrons. The highest BCUT2D eigenvalue weighted by Gasteiger charge is 2.13. The minimum atomic E-state index is -1.12. The van der Waals surface area contributed by atoms with E-state index in [1.807, 2.05) is 19.1 Å². The van der Waals surface area contributed by atoms with Crippen molar-refractivity contribution in [3.05, 3.63) is 41.7 Å². The van der Waals surface area contributed by atoms with E-state index in [0.717, 1.165) is 11.1 Å². The molecule has 1 amide bonds. The molecule has 6 nitrogen and oxygen atoms in total. The SMILES string of the molecule is CCC(=O)NC(=S)Nc1ccc(C)c(-c2ccc(C(=O)O)o2)c1. The van der Waals surface area contributed by atoms with Gasteiger partial charge in [0.25, 0.3) is 0 Å². The zero-order valence-electron chi connectivity index (χ0n) is 12.7. The van der Waals surface area contributed by atoms with Crippen LogP contribution >= 0.6 is 12.2 Å². The number of rotatable bonds is 4. The zero-order chi connectivity index (χ0) is 17.0. The van der Waals surface area contributed by atoms with Gasteiger partial charge in [0.1, 0.15) is 5.76 Å². The van der Waals surface area contributed by atoms with Gasteiger partial charge in [-0.2, -0.15) is 0 Å². The molecule has 0 aliphatic rings. The molecule has 120 valence electrons. The number of aryl methyl sites for hydroxylation is 1. The first-order valence-corrected chi connectivity index (χ1v) is 7.36. The number of nitrogens with one attached hydrogen (secondary N) is 2. The Morgan fingerprint density at radius 2 is 2.00 bits per heavy atom. The highest BCUT2D eigenvalue weighted by atomic mass is 32.1. The van der Waals surface area contributed by atoms with Crippen LogP contribution in [0.5, 0.6) is 0 Å². The van der Waals surface area contributed by atoms with Crippen LogP contribution in [0, 0.1) is 6.92 Å². The Morgan fingerprint density at radius 1 is 1.26 bits per heavy atom. The third-order valence-corrected chi connectivity index (χ3v) is 3.36. The van der Waals surface area contributed by atoms with Gasteiger partial charge in [0, 0.05) is 17.7 Å². The summed E-state index contributed by atoms with van der Waals surface area (Å²) in [6.45, 7) is 3.62. The molecule has 2 rings (SSSR count). The lowest BCUT2D eigenvalue weighted by atomic mass is 10.1. The number of aromatic carboxylic acids is 1. The van der Waals surface area contributed by atoms with Crippen molar-refractivity contribution in [1.29, 1.82) is 0 Å². The number of carboxylic acids is 1. The van der Waals surface area contributed by atoms with E-state index in [1.54, 1.807) is 19.1 Å². The summed E-state index contributed by atoms with van der Waals surface area (Å²) in [4.78, 5) is 22.2. The summed E-state index contributed by atoms with van der Waals surface area (Å²) in [5.41, 5.74) is 2.33. The van der Waals surface area contributed by atoms with Crippen LogP contribution in [0.25, 0.3) is 11.3 Å². The van der Waals surface area contributed by atoms with Crippen molar-refractivity contribution in [2.24, 2.45) is 0 Å². The minimum Gasteiger partial charge on any atom is -0.475 e. The second-order valence-electron chi connectivity index (χ2n) is 4.85. The maximum atomic E-state index is 11.3. The van der Waals surface area contributed by atoms with E-state index in [-0.39, 0.29) is 16.8 Å². The first-order valence-electron chi connectivity index (χ1n) is 6.95. The van der Waals surface area contributed by atoms with E-state index in [2.05, 4.69) is 10.6 Å². The first kappa shape index (κ1) is 16.7. The lowest BCUT2D eigenvalue weighted by Crippen LogP contribution is -2.33. The summed E-state index contributed by atoms with van der Waals surface area (Å²) < 4.78 is 5.32. The third-order valence-electron chi connectivity index (χ3n) is 3.15. The maximum Gasteiger partial charge on any atom is 0.371 e. The molecule has 2 aromatic rings. The Balaban J connectivity index is 2.23. The van der Waals surface area contributed by atoms with Gasteiger partial charge in [-0.3, -0.25) is 4.79 Å². The normalized spacial score (nSPS) is 10.2. The molecule has 1 aromatic carbocycles. The highest BCUT2D eigenvalue weighted by Crippen LogP contribution is 2.28. The van der Waals surface area contributed by atoms with Crippen LogP contribution in [-0.4, -0.2) is 22.1 Å². The lowest BCUT2D eigenvalue weighted by molar-refractivity contribution is -0.119. The number of benzene rings is 1. The number of furan rings is 1. The van der Waals surface area contributed by atoms with Gasteiger partial charge in [0.05, 0.1) is 0 Å². The second kappa shape index (κ2) is 7.06. The average Bonchev–Trinajstić information content (AvgIpc) is 2.99. The molecule has 23 heavy (non-hydrogen) atoms. The summed E-state index contributed by atoms with van der Waals surface area (Å²) in [6.07, 6.45) is 0.339. The molecule has 0 saturated heterocycles. The lowest BCUT2D eigenvalue weighted by Gasteiger charge is -2.11. The Bertz CT molecular complexity index is 767. The quantitative estimate of drug-likeness (QED) is 0.745. The highest BCUT2D eigenvalue weighted by molar-refractivity contribution is 7.80. The fourth-order valence-electron chi connectivity index (χ4n) is 1.94. The molecule has 0 aliphatic carbocycles. The topological polar surface area (TPSA) is 91.6 Å². The van der Waals surface area contributed by atoms with Crippen LogP contribution in [0.4, 0.5) is 5.69 Å². The molecule has 0 atom stereocenters. The van der Waals surface area contributed by atoms with E-state index in [9.17, 15) is 9.59 Å². The van der Waals surface area contributed by atoms with Gasteiger partial charge in [0.2, 0.25) is 11.7 Å². The van der Waals surface area contributed by atoms with Crippen molar-refractivity contribution in [3.8, 4) is 11.3 Å². The number of thiocarbonyl (C=S) groups is 1. The van der Waals surface area contributed by atoms with Gasteiger partial charge < -0.3 is 20.2 Å². The third kappa shape index (κ3) is 4.17. The average molecular weight is 332 g/mol. The van der Waals surface area contributed by atoms with Crippen LogP contribution in [0.1, 0.15) is 29.5 Å². The van der Waals surface area contributed by atoms with Crippen LogP contribution in [0.3, 0.4) is 0 Å². The van der Waals surface area contributed by atoms with E-state index >= 15 is 0 Å². The number of anilines is 1. The fourth-order valence-corrected chi connectivity index (χ4v) is 2.17. The van der Waals surface area contributed by atoms with E-state index in [1.165, 1.54) is 6.07 Å². The van der Waals surface area contributed by atoms with Crippen LogP contribution in [0.15, 0.2) is 34.7 Å². The van der Waals surface area contributed by atoms with Crippen molar-refractivity contribution in [1.82, 2.24) is 5.32 Å². The molecule has 7 heteroatoms. The largest absolute Gasteiger partial charge is 0.475 e. The number of hydrogen-bond acceptors (Lipinski definition) is 4. The second-order valence-corrected chi connectivity index (χ2v) is 5.26. The molecule has 3 N–H and O–H groups in total. The molecular formula is C16H16N2O4S. The van der Waals surface area contributed by atoms with Gasteiger partial charge >= 0.3 is 5.97 Å². The summed E-state index contributed by atoms with van der Waals surface area (Å²) in [5.74, 6) is -0.964. The Hall–Kier alpha value is -2.67. The zero-order valence-corrected chi connectivity index (χ0v) is 13.5. The predicted octanol–water partition coefficient (Wildman–Crippen LogP) is 3.18. The van der Waals surface area contributed by atoms with Gasteiger partial charge in [-0.1, -0.05) is 13.0 Å². The van der Waals surface area contributed by atoms with Crippen molar-refractivity contribution < 1.29 is 19.1 Å². The number of carboxylic acid groups (broad SMARTS) is 1. The molecule has 0 saturated carbocycles. The van der Waals surface area contributed by atoms with Gasteiger partial charge in [-0.15, -0.1) is 0 Å². The van der Waals surface area contributed by atoms with Crippen LogP contribution in [0.2, 0.25) is 0 Å². The molecule has 1 heterocycles. The summed E-state index contributed by atoms with van der Waals surface area (Å²) in [6, 6.07) is 8.45. The van der Waals surface area contributed by atoms with Crippen LogP contribution in [-0.2, 0) is 4.79 Å². The standard InChI is InChI=1S/C16H16N2O4S/c1-3-14(19)18-16(23)17-10-5-4-9(2)11(8-10)12-6-7-13(22-12)15(20)21/h4-8H,3H2,1-2H3,(H,20,21)(H2,17,18,19,23). The molecular weight excluding hydrogens is 316 g/mol. The van der Waals surface area contributed by atoms with Crippen molar-refractivity contribution in [3.63, 3.8) is 0 Å². The molecule has 0 fully saturated rings.